The zero-order valence-electron chi connectivity index (χ0n) is 8.52. The number of carboxylic acids is 1. The van der Waals surface area contributed by atoms with Gasteiger partial charge in [0.05, 0.1) is 12.0 Å². The highest BCUT2D eigenvalue weighted by Gasteiger charge is 2.09. The number of H-pyrrole nitrogens is 1. The van der Waals surface area contributed by atoms with Crippen LogP contribution in [0.1, 0.15) is 23.7 Å². The van der Waals surface area contributed by atoms with E-state index in [0.29, 0.717) is 0 Å². The third-order valence-corrected chi connectivity index (χ3v) is 1.96. The fraction of sp³-hybridized carbons (Fsp3) is 0.333. The van der Waals surface area contributed by atoms with Gasteiger partial charge in [-0.25, -0.2) is 4.79 Å². The van der Waals surface area contributed by atoms with Gasteiger partial charge in [0.25, 0.3) is 5.56 Å². The van der Waals surface area contributed by atoms with Crippen LogP contribution in [0, 0.1) is 0 Å². The average molecular weight is 226 g/mol. The van der Waals surface area contributed by atoms with Gasteiger partial charge in [-0.15, -0.1) is 0 Å². The second kappa shape index (κ2) is 4.56. The maximum Gasteiger partial charge on any atom is 0.328 e. The lowest BCUT2D eigenvalue weighted by Gasteiger charge is -2.03. The van der Waals surface area contributed by atoms with Crippen LogP contribution in [0.3, 0.4) is 0 Å². The molecule has 86 valence electrons. The van der Waals surface area contributed by atoms with Crippen LogP contribution < -0.4 is 11.2 Å². The fourth-order valence-electron chi connectivity index (χ4n) is 1.14. The van der Waals surface area contributed by atoms with E-state index < -0.39 is 23.0 Å². The van der Waals surface area contributed by atoms with Crippen molar-refractivity contribution in [2.45, 2.75) is 19.9 Å². The topological polar surface area (TPSA) is 109 Å². The van der Waals surface area contributed by atoms with Crippen molar-refractivity contribution in [2.24, 2.45) is 0 Å². The van der Waals surface area contributed by atoms with Gasteiger partial charge in [-0.3, -0.25) is 23.9 Å². The highest BCUT2D eigenvalue weighted by Crippen LogP contribution is 1.91. The minimum Gasteiger partial charge on any atom is -0.481 e. The molecule has 2 N–H and O–H groups in total. The summed E-state index contributed by atoms with van der Waals surface area (Å²) < 4.78 is 0.992. The molecule has 0 radical (unpaired) electrons. The number of rotatable bonds is 4. The van der Waals surface area contributed by atoms with Crippen molar-refractivity contribution in [1.29, 1.82) is 0 Å². The largest absolute Gasteiger partial charge is 0.481 e. The number of carbonyl (C=O) groups is 2. The molecule has 16 heavy (non-hydrogen) atoms. The minimum atomic E-state index is -1.07. The summed E-state index contributed by atoms with van der Waals surface area (Å²) in [6, 6.07) is 0. The van der Waals surface area contributed by atoms with Crippen LogP contribution in [0.15, 0.2) is 15.8 Å². The molecule has 7 nitrogen and oxygen atoms in total. The number of hydrogen-bond donors (Lipinski definition) is 2. The van der Waals surface area contributed by atoms with Crippen molar-refractivity contribution in [1.82, 2.24) is 9.55 Å². The first-order valence-electron chi connectivity index (χ1n) is 4.48. The Morgan fingerprint density at radius 1 is 1.44 bits per heavy atom. The van der Waals surface area contributed by atoms with Crippen LogP contribution >= 0.6 is 0 Å². The number of aliphatic carboxylic acids is 1. The number of hydrogen-bond acceptors (Lipinski definition) is 4. The van der Waals surface area contributed by atoms with E-state index in [-0.39, 0.29) is 18.5 Å². The van der Waals surface area contributed by atoms with Crippen molar-refractivity contribution in [3.05, 3.63) is 32.6 Å². The number of aryl methyl sites for hydroxylation is 1. The molecule has 0 fully saturated rings. The molecule has 1 aromatic heterocycles. The van der Waals surface area contributed by atoms with Crippen molar-refractivity contribution in [3.63, 3.8) is 0 Å². The molecular weight excluding hydrogens is 216 g/mol. The molecule has 0 aliphatic heterocycles. The second-order valence-electron chi connectivity index (χ2n) is 3.20. The van der Waals surface area contributed by atoms with Crippen LogP contribution in [-0.2, 0) is 11.3 Å². The Hall–Kier alpha value is -2.18. The molecule has 1 rings (SSSR count). The van der Waals surface area contributed by atoms with E-state index in [4.69, 9.17) is 5.11 Å². The summed E-state index contributed by atoms with van der Waals surface area (Å²) >= 11 is 0. The monoisotopic (exact) mass is 226 g/mol. The first-order valence-corrected chi connectivity index (χ1v) is 4.48. The summed E-state index contributed by atoms with van der Waals surface area (Å²) in [5.74, 6) is -1.55. The number of carbonyl (C=O) groups excluding carboxylic acids is 1. The van der Waals surface area contributed by atoms with Gasteiger partial charge in [0.2, 0.25) is 0 Å². The minimum absolute atomic E-state index is 0.0920. The molecule has 0 amide bonds. The second-order valence-corrected chi connectivity index (χ2v) is 3.20. The normalized spacial score (nSPS) is 10.1. The van der Waals surface area contributed by atoms with Crippen molar-refractivity contribution in [2.75, 3.05) is 0 Å². The predicted octanol–water partition coefficient (Wildman–Crippen LogP) is -0.786. The van der Waals surface area contributed by atoms with E-state index in [1.54, 1.807) is 0 Å². The summed E-state index contributed by atoms with van der Waals surface area (Å²) in [6.45, 7) is 1.10. The molecule has 0 aliphatic rings. The summed E-state index contributed by atoms with van der Waals surface area (Å²) in [5.41, 5.74) is -1.65. The number of nitrogens with one attached hydrogen (secondary N) is 1. The zero-order chi connectivity index (χ0) is 12.3. The van der Waals surface area contributed by atoms with Gasteiger partial charge >= 0.3 is 11.7 Å². The number of nitrogens with zero attached hydrogens (tertiary/aromatic N) is 1. The molecule has 1 aromatic rings. The Balaban J connectivity index is 3.15. The molecule has 1 heterocycles. The van der Waals surface area contributed by atoms with Crippen LogP contribution in [0.2, 0.25) is 0 Å². The molecule has 0 aliphatic carbocycles. The van der Waals surface area contributed by atoms with Crippen LogP contribution in [-0.4, -0.2) is 26.4 Å². The predicted molar refractivity (Wildman–Crippen MR) is 53.6 cm³/mol. The van der Waals surface area contributed by atoms with E-state index in [2.05, 4.69) is 0 Å². The first kappa shape index (κ1) is 11.9. The summed E-state index contributed by atoms with van der Waals surface area (Å²) in [4.78, 5) is 45.7. The molecule has 0 bridgehead atoms. The first-order chi connectivity index (χ1) is 7.41. The molecule has 0 atom stereocenters. The van der Waals surface area contributed by atoms with Gasteiger partial charge < -0.3 is 5.11 Å². The number of Topliss-reactive ketones (excluding diaryl/α,β-unsaturated/α-hetero) is 1. The van der Waals surface area contributed by atoms with Crippen LogP contribution in [0.25, 0.3) is 0 Å². The lowest BCUT2D eigenvalue weighted by atomic mass is 10.2. The number of ketones is 1. The third-order valence-electron chi connectivity index (χ3n) is 1.96. The van der Waals surface area contributed by atoms with E-state index in [1.165, 1.54) is 6.92 Å². The maximum atomic E-state index is 11.2. The Bertz CT molecular complexity index is 540. The Kier molecular flexibility index (Phi) is 3.39. The molecule has 0 spiro atoms. The summed E-state index contributed by atoms with van der Waals surface area (Å²) in [6.07, 6.45) is 0.815. The molecule has 0 saturated heterocycles. The molecular formula is C9H10N2O5. The fourth-order valence-corrected chi connectivity index (χ4v) is 1.14. The van der Waals surface area contributed by atoms with Crippen molar-refractivity contribution in [3.8, 4) is 0 Å². The number of aromatic nitrogens is 2. The van der Waals surface area contributed by atoms with Gasteiger partial charge in [-0.1, -0.05) is 0 Å². The van der Waals surface area contributed by atoms with Crippen LogP contribution in [0.4, 0.5) is 0 Å². The third kappa shape index (κ3) is 2.66. The van der Waals surface area contributed by atoms with Gasteiger partial charge in [-0.05, 0) is 6.92 Å². The lowest BCUT2D eigenvalue weighted by molar-refractivity contribution is -0.137. The van der Waals surface area contributed by atoms with Crippen molar-refractivity contribution < 1.29 is 14.7 Å². The van der Waals surface area contributed by atoms with Crippen molar-refractivity contribution >= 4 is 11.8 Å². The van der Waals surface area contributed by atoms with Gasteiger partial charge in [0, 0.05) is 12.7 Å². The number of aromatic amines is 1. The lowest BCUT2D eigenvalue weighted by Crippen LogP contribution is -2.33. The summed E-state index contributed by atoms with van der Waals surface area (Å²) in [5, 5.41) is 8.44. The quantitative estimate of drug-likeness (QED) is 0.654. The summed E-state index contributed by atoms with van der Waals surface area (Å²) in [7, 11) is 0. The van der Waals surface area contributed by atoms with Gasteiger partial charge in [-0.2, -0.15) is 0 Å². The number of carboxylic acid groups (broad SMARTS) is 1. The van der Waals surface area contributed by atoms with E-state index >= 15 is 0 Å². The maximum absolute atomic E-state index is 11.2. The highest BCUT2D eigenvalue weighted by atomic mass is 16.4. The smallest absolute Gasteiger partial charge is 0.328 e. The highest BCUT2D eigenvalue weighted by molar-refractivity contribution is 5.93. The average Bonchev–Trinajstić information content (AvgIpc) is 2.15. The molecule has 0 aromatic carbocycles. The van der Waals surface area contributed by atoms with Gasteiger partial charge in [0.15, 0.2) is 5.78 Å². The van der Waals surface area contributed by atoms with Crippen LogP contribution in [0.5, 0.6) is 0 Å². The molecule has 0 unspecified atom stereocenters. The Labute approximate surface area is 89.3 Å². The van der Waals surface area contributed by atoms with E-state index in [1.807, 2.05) is 4.98 Å². The van der Waals surface area contributed by atoms with Gasteiger partial charge in [0.1, 0.15) is 0 Å². The molecule has 7 heteroatoms. The molecule has 0 saturated carbocycles. The Morgan fingerprint density at radius 2 is 2.06 bits per heavy atom. The standard InChI is InChI=1S/C9H10N2O5/c1-5(12)6-4-11(3-2-7(13)14)9(16)10-8(6)15/h4H,2-3H2,1H3,(H,13,14)(H,10,15,16). The SMILES string of the molecule is CC(=O)c1cn(CCC(=O)O)c(=O)[nH]c1=O. The van der Waals surface area contributed by atoms with E-state index in [9.17, 15) is 19.2 Å². The van der Waals surface area contributed by atoms with E-state index in [0.717, 1.165) is 10.8 Å². The Morgan fingerprint density at radius 3 is 2.56 bits per heavy atom. The zero-order valence-corrected chi connectivity index (χ0v) is 8.52.